The van der Waals surface area contributed by atoms with Crippen LogP contribution in [0.4, 0.5) is 0 Å². The number of hydrogen-bond donors (Lipinski definition) is 1. The molecule has 3 heterocycles. The summed E-state index contributed by atoms with van der Waals surface area (Å²) in [6, 6.07) is 4.47. The molecule has 2 aromatic heterocycles. The topological polar surface area (TPSA) is 58.1 Å². The number of carbonyl (C=O) groups excluding carboxylic acids is 1. The third kappa shape index (κ3) is 4.19. The molecule has 1 saturated heterocycles. The van der Waals surface area contributed by atoms with Crippen molar-refractivity contribution < 1.29 is 4.79 Å². The molecular formula is C18H24N4OS. The van der Waals surface area contributed by atoms with E-state index in [9.17, 15) is 4.79 Å². The quantitative estimate of drug-likeness (QED) is 0.906. The van der Waals surface area contributed by atoms with Gasteiger partial charge in [0, 0.05) is 17.6 Å². The molecule has 0 aromatic carbocycles. The van der Waals surface area contributed by atoms with Gasteiger partial charge in [-0.1, -0.05) is 13.0 Å². The molecule has 0 bridgehead atoms. The lowest BCUT2D eigenvalue weighted by atomic mass is 9.97. The van der Waals surface area contributed by atoms with Crippen molar-refractivity contribution >= 4 is 17.2 Å². The van der Waals surface area contributed by atoms with Gasteiger partial charge in [-0.2, -0.15) is 0 Å². The van der Waals surface area contributed by atoms with E-state index in [1.54, 1.807) is 17.5 Å². The van der Waals surface area contributed by atoms with Crippen LogP contribution in [-0.4, -0.2) is 40.4 Å². The second kappa shape index (κ2) is 7.85. The van der Waals surface area contributed by atoms with Crippen molar-refractivity contribution in [2.24, 2.45) is 5.92 Å². The Bertz CT molecular complexity index is 648. The maximum Gasteiger partial charge on any atom is 0.271 e. The molecule has 6 heteroatoms. The van der Waals surface area contributed by atoms with Gasteiger partial charge < -0.3 is 5.32 Å². The molecule has 5 nitrogen and oxygen atoms in total. The highest BCUT2D eigenvalue weighted by Crippen LogP contribution is 2.29. The number of rotatable bonds is 5. The number of carbonyl (C=O) groups is 1. The Kier molecular flexibility index (Phi) is 5.58. The normalized spacial score (nSPS) is 17.6. The first-order valence-corrected chi connectivity index (χ1v) is 9.35. The van der Waals surface area contributed by atoms with Crippen molar-refractivity contribution in [1.29, 1.82) is 0 Å². The molecule has 1 N–H and O–H groups in total. The number of amides is 1. The fraction of sp³-hybridized carbons (Fsp3) is 0.500. The van der Waals surface area contributed by atoms with Gasteiger partial charge in [-0.05, 0) is 50.2 Å². The lowest BCUT2D eigenvalue weighted by Gasteiger charge is -2.36. The van der Waals surface area contributed by atoms with Crippen LogP contribution in [0.5, 0.6) is 0 Å². The van der Waals surface area contributed by atoms with E-state index in [2.05, 4.69) is 44.6 Å². The molecule has 0 radical (unpaired) electrons. The van der Waals surface area contributed by atoms with E-state index in [1.807, 2.05) is 6.92 Å². The molecule has 1 aliphatic heterocycles. The first-order valence-electron chi connectivity index (χ1n) is 8.48. The molecule has 128 valence electrons. The summed E-state index contributed by atoms with van der Waals surface area (Å²) < 4.78 is 0. The molecule has 3 rings (SSSR count). The van der Waals surface area contributed by atoms with Gasteiger partial charge in [0.05, 0.1) is 17.9 Å². The Labute approximate surface area is 147 Å². The minimum absolute atomic E-state index is 0.158. The molecule has 1 unspecified atom stereocenters. The average Bonchev–Trinajstić information content (AvgIpc) is 3.11. The van der Waals surface area contributed by atoms with Gasteiger partial charge in [-0.15, -0.1) is 11.3 Å². The van der Waals surface area contributed by atoms with E-state index in [0.29, 0.717) is 12.2 Å². The second-order valence-corrected chi connectivity index (χ2v) is 7.48. The standard InChI is InChI=1S/C18H24N4OS/c1-13-5-7-22(8-6-13)16(17-4-3-9-24-17)12-21-18(23)15-11-19-14(2)10-20-15/h3-4,9-11,13,16H,5-8,12H2,1-2H3,(H,21,23). The van der Waals surface area contributed by atoms with Crippen molar-refractivity contribution in [3.05, 3.63) is 46.2 Å². The smallest absolute Gasteiger partial charge is 0.271 e. The molecule has 0 saturated carbocycles. The van der Waals surface area contributed by atoms with Crippen LogP contribution >= 0.6 is 11.3 Å². The maximum atomic E-state index is 12.3. The first kappa shape index (κ1) is 17.0. The molecule has 1 fully saturated rings. The number of nitrogens with one attached hydrogen (secondary N) is 1. The summed E-state index contributed by atoms with van der Waals surface area (Å²) in [7, 11) is 0. The Hall–Kier alpha value is -1.79. The summed E-state index contributed by atoms with van der Waals surface area (Å²) in [4.78, 5) is 24.4. The van der Waals surface area contributed by atoms with Crippen LogP contribution in [0, 0.1) is 12.8 Å². The van der Waals surface area contributed by atoms with Crippen molar-refractivity contribution in [3.8, 4) is 0 Å². The monoisotopic (exact) mass is 344 g/mol. The molecule has 0 spiro atoms. The van der Waals surface area contributed by atoms with E-state index in [4.69, 9.17) is 0 Å². The molecule has 2 aromatic rings. The Balaban J connectivity index is 1.66. The predicted molar refractivity (Wildman–Crippen MR) is 96.1 cm³/mol. The number of likely N-dealkylation sites (tertiary alicyclic amines) is 1. The van der Waals surface area contributed by atoms with E-state index < -0.39 is 0 Å². The highest BCUT2D eigenvalue weighted by molar-refractivity contribution is 7.10. The Morgan fingerprint density at radius 2 is 2.17 bits per heavy atom. The highest BCUT2D eigenvalue weighted by Gasteiger charge is 2.26. The number of hydrogen-bond acceptors (Lipinski definition) is 5. The second-order valence-electron chi connectivity index (χ2n) is 6.50. The first-order chi connectivity index (χ1) is 11.6. The van der Waals surface area contributed by atoms with Crippen LogP contribution in [-0.2, 0) is 0 Å². The minimum atomic E-state index is -0.158. The summed E-state index contributed by atoms with van der Waals surface area (Å²) in [6.45, 7) is 6.95. The molecule has 1 amide bonds. The zero-order valence-electron chi connectivity index (χ0n) is 14.2. The van der Waals surface area contributed by atoms with Crippen molar-refractivity contribution in [1.82, 2.24) is 20.2 Å². The van der Waals surface area contributed by atoms with Crippen LogP contribution in [0.2, 0.25) is 0 Å². The van der Waals surface area contributed by atoms with Gasteiger partial charge >= 0.3 is 0 Å². The van der Waals surface area contributed by atoms with Crippen molar-refractivity contribution in [3.63, 3.8) is 0 Å². The van der Waals surface area contributed by atoms with Crippen LogP contribution in [0.3, 0.4) is 0 Å². The van der Waals surface area contributed by atoms with Gasteiger partial charge in [0.25, 0.3) is 5.91 Å². The van der Waals surface area contributed by atoms with Crippen LogP contribution < -0.4 is 5.32 Å². The van der Waals surface area contributed by atoms with E-state index in [1.165, 1.54) is 23.9 Å². The minimum Gasteiger partial charge on any atom is -0.349 e. The van der Waals surface area contributed by atoms with E-state index >= 15 is 0 Å². The zero-order valence-corrected chi connectivity index (χ0v) is 15.1. The van der Waals surface area contributed by atoms with E-state index in [0.717, 1.165) is 24.7 Å². The number of aryl methyl sites for hydroxylation is 1. The summed E-state index contributed by atoms with van der Waals surface area (Å²) in [5.74, 6) is 0.636. The molecule has 24 heavy (non-hydrogen) atoms. The summed E-state index contributed by atoms with van der Waals surface area (Å²) in [6.07, 6.45) is 5.60. The Morgan fingerprint density at radius 1 is 1.38 bits per heavy atom. The largest absolute Gasteiger partial charge is 0.349 e. The molecule has 1 aliphatic rings. The summed E-state index contributed by atoms with van der Waals surface area (Å²) in [5, 5.41) is 5.14. The van der Waals surface area contributed by atoms with Gasteiger partial charge in [0.15, 0.2) is 0 Å². The van der Waals surface area contributed by atoms with E-state index in [-0.39, 0.29) is 11.9 Å². The molecular weight excluding hydrogens is 320 g/mol. The lowest BCUT2D eigenvalue weighted by molar-refractivity contribution is 0.0909. The van der Waals surface area contributed by atoms with Gasteiger partial charge in [-0.3, -0.25) is 14.7 Å². The van der Waals surface area contributed by atoms with Crippen molar-refractivity contribution in [2.45, 2.75) is 32.7 Å². The predicted octanol–water partition coefficient (Wildman–Crippen LogP) is 3.05. The number of aromatic nitrogens is 2. The van der Waals surface area contributed by atoms with Crippen LogP contribution in [0.15, 0.2) is 29.9 Å². The number of nitrogens with zero attached hydrogens (tertiary/aromatic N) is 3. The third-order valence-electron chi connectivity index (χ3n) is 4.60. The van der Waals surface area contributed by atoms with Gasteiger partial charge in [0.2, 0.25) is 0 Å². The van der Waals surface area contributed by atoms with Crippen LogP contribution in [0.1, 0.15) is 46.9 Å². The number of piperidine rings is 1. The van der Waals surface area contributed by atoms with Crippen LogP contribution in [0.25, 0.3) is 0 Å². The summed E-state index contributed by atoms with van der Waals surface area (Å²) in [5.41, 5.74) is 1.18. The van der Waals surface area contributed by atoms with Gasteiger partial charge in [-0.25, -0.2) is 4.98 Å². The molecule has 0 aliphatic carbocycles. The molecule has 1 atom stereocenters. The summed E-state index contributed by atoms with van der Waals surface area (Å²) >= 11 is 1.75. The fourth-order valence-electron chi connectivity index (χ4n) is 3.02. The lowest BCUT2D eigenvalue weighted by Crippen LogP contribution is -2.41. The average molecular weight is 344 g/mol. The third-order valence-corrected chi connectivity index (χ3v) is 5.57. The number of thiophene rings is 1. The maximum absolute atomic E-state index is 12.3. The fourth-order valence-corrected chi connectivity index (χ4v) is 3.88. The Morgan fingerprint density at radius 3 is 2.79 bits per heavy atom. The zero-order chi connectivity index (χ0) is 16.9. The van der Waals surface area contributed by atoms with Crippen molar-refractivity contribution in [2.75, 3.05) is 19.6 Å². The van der Waals surface area contributed by atoms with Gasteiger partial charge in [0.1, 0.15) is 5.69 Å². The SMILES string of the molecule is Cc1cnc(C(=O)NCC(c2cccs2)N2CCC(C)CC2)cn1. The highest BCUT2D eigenvalue weighted by atomic mass is 32.1.